The van der Waals surface area contributed by atoms with Gasteiger partial charge in [0.1, 0.15) is 5.15 Å². The standard InChI is InChI=1S/C18H24Cl2N4O2S.HI/c1-4-13(12-27(25,26)15-8-6-5-7-9-15)23-18(21-2)22-11-14-10-16(19)17(20)24(14)3;/h5-10,13H,4,11-12H2,1-3H3,(H2,21,22,23);1H. The number of halogens is 3. The van der Waals surface area contributed by atoms with Crippen molar-refractivity contribution in [3.63, 3.8) is 0 Å². The van der Waals surface area contributed by atoms with Gasteiger partial charge in [0.25, 0.3) is 0 Å². The molecule has 1 aromatic carbocycles. The molecule has 0 saturated heterocycles. The van der Waals surface area contributed by atoms with Crippen molar-refractivity contribution in [2.24, 2.45) is 12.0 Å². The van der Waals surface area contributed by atoms with E-state index in [-0.39, 0.29) is 35.8 Å². The highest BCUT2D eigenvalue weighted by atomic mass is 127. The van der Waals surface area contributed by atoms with Gasteiger partial charge in [-0.2, -0.15) is 0 Å². The van der Waals surface area contributed by atoms with E-state index in [1.54, 1.807) is 48.0 Å². The maximum atomic E-state index is 12.6. The molecular weight excluding hydrogens is 534 g/mol. The first-order valence-electron chi connectivity index (χ1n) is 8.53. The number of nitrogens with zero attached hydrogens (tertiary/aromatic N) is 2. The minimum absolute atomic E-state index is 0. The highest BCUT2D eigenvalue weighted by Gasteiger charge is 2.21. The number of aromatic nitrogens is 1. The maximum Gasteiger partial charge on any atom is 0.191 e. The molecule has 1 unspecified atom stereocenters. The fraction of sp³-hybridized carbons (Fsp3) is 0.389. The second-order valence-electron chi connectivity index (χ2n) is 6.10. The second-order valence-corrected chi connectivity index (χ2v) is 8.90. The van der Waals surface area contributed by atoms with Crippen LogP contribution in [0, 0.1) is 0 Å². The number of sulfone groups is 1. The van der Waals surface area contributed by atoms with E-state index in [9.17, 15) is 8.42 Å². The predicted octanol–water partition coefficient (Wildman–Crippen LogP) is 3.87. The Balaban J connectivity index is 0.00000392. The highest BCUT2D eigenvalue weighted by molar-refractivity contribution is 14.0. The monoisotopic (exact) mass is 558 g/mol. The molecule has 1 aromatic heterocycles. The van der Waals surface area contributed by atoms with Gasteiger partial charge in [0.15, 0.2) is 15.8 Å². The van der Waals surface area contributed by atoms with Gasteiger partial charge < -0.3 is 15.2 Å². The molecular formula is C18H25Cl2IN4O2S. The Morgan fingerprint density at radius 3 is 2.39 bits per heavy atom. The van der Waals surface area contributed by atoms with E-state index in [0.717, 1.165) is 5.69 Å². The van der Waals surface area contributed by atoms with Crippen molar-refractivity contribution in [1.29, 1.82) is 0 Å². The fourth-order valence-corrected chi connectivity index (χ4v) is 4.60. The summed E-state index contributed by atoms with van der Waals surface area (Å²) in [5, 5.41) is 7.29. The summed E-state index contributed by atoms with van der Waals surface area (Å²) < 4.78 is 27.0. The summed E-state index contributed by atoms with van der Waals surface area (Å²) >= 11 is 12.1. The molecule has 1 atom stereocenters. The summed E-state index contributed by atoms with van der Waals surface area (Å²) in [5.74, 6) is 0.495. The van der Waals surface area contributed by atoms with Crippen LogP contribution in [-0.4, -0.2) is 37.8 Å². The van der Waals surface area contributed by atoms with Gasteiger partial charge in [0.05, 0.1) is 22.2 Å². The SMILES string of the molecule is CCC(CS(=O)(=O)c1ccccc1)NC(=NC)NCc1cc(Cl)c(Cl)n1C.I. The molecule has 2 N–H and O–H groups in total. The first-order valence-corrected chi connectivity index (χ1v) is 10.9. The van der Waals surface area contributed by atoms with Gasteiger partial charge in [-0.1, -0.05) is 48.3 Å². The van der Waals surface area contributed by atoms with Crippen LogP contribution in [0.4, 0.5) is 0 Å². The molecule has 0 aliphatic carbocycles. The van der Waals surface area contributed by atoms with Crippen LogP contribution >= 0.6 is 47.2 Å². The van der Waals surface area contributed by atoms with Gasteiger partial charge in [-0.15, -0.1) is 24.0 Å². The van der Waals surface area contributed by atoms with Gasteiger partial charge in [0, 0.05) is 25.8 Å². The second kappa shape index (κ2) is 11.3. The summed E-state index contributed by atoms with van der Waals surface area (Å²) in [6.45, 7) is 2.38. The largest absolute Gasteiger partial charge is 0.353 e. The van der Waals surface area contributed by atoms with Crippen molar-refractivity contribution in [2.75, 3.05) is 12.8 Å². The number of nitrogens with one attached hydrogen (secondary N) is 2. The first kappa shape index (κ1) is 25.1. The van der Waals surface area contributed by atoms with Gasteiger partial charge in [-0.05, 0) is 24.6 Å². The van der Waals surface area contributed by atoms with E-state index in [4.69, 9.17) is 23.2 Å². The van der Waals surface area contributed by atoms with E-state index < -0.39 is 9.84 Å². The van der Waals surface area contributed by atoms with Gasteiger partial charge >= 0.3 is 0 Å². The Bertz CT molecular complexity index is 902. The lowest BCUT2D eigenvalue weighted by Crippen LogP contribution is -2.45. The van der Waals surface area contributed by atoms with Crippen LogP contribution in [0.15, 0.2) is 46.3 Å². The van der Waals surface area contributed by atoms with E-state index >= 15 is 0 Å². The molecule has 0 fully saturated rings. The molecule has 2 aromatic rings. The Labute approximate surface area is 193 Å². The van der Waals surface area contributed by atoms with E-state index in [0.29, 0.717) is 34.0 Å². The fourth-order valence-electron chi connectivity index (χ4n) is 2.57. The van der Waals surface area contributed by atoms with Crippen LogP contribution in [0.5, 0.6) is 0 Å². The lowest BCUT2D eigenvalue weighted by atomic mass is 10.2. The summed E-state index contributed by atoms with van der Waals surface area (Å²) in [4.78, 5) is 4.50. The van der Waals surface area contributed by atoms with Crippen molar-refractivity contribution in [3.05, 3.63) is 52.3 Å². The van der Waals surface area contributed by atoms with Crippen LogP contribution < -0.4 is 10.6 Å². The van der Waals surface area contributed by atoms with E-state index in [1.807, 2.05) is 14.0 Å². The predicted molar refractivity (Wildman–Crippen MR) is 127 cm³/mol. The molecule has 0 amide bonds. The van der Waals surface area contributed by atoms with Crippen LogP contribution in [0.25, 0.3) is 0 Å². The third-order valence-electron chi connectivity index (χ3n) is 4.23. The van der Waals surface area contributed by atoms with Crippen LogP contribution in [-0.2, 0) is 23.4 Å². The van der Waals surface area contributed by atoms with Crippen molar-refractivity contribution in [2.45, 2.75) is 30.8 Å². The molecule has 10 heteroatoms. The number of hydrogen-bond acceptors (Lipinski definition) is 3. The molecule has 0 aliphatic heterocycles. The molecule has 28 heavy (non-hydrogen) atoms. The zero-order valence-corrected chi connectivity index (χ0v) is 20.6. The maximum absolute atomic E-state index is 12.6. The minimum Gasteiger partial charge on any atom is -0.353 e. The number of hydrogen-bond donors (Lipinski definition) is 2. The quantitative estimate of drug-likeness (QED) is 0.307. The van der Waals surface area contributed by atoms with Crippen LogP contribution in [0.2, 0.25) is 10.2 Å². The zero-order chi connectivity index (χ0) is 20.0. The Kier molecular flexibility index (Phi) is 10.1. The Morgan fingerprint density at radius 2 is 1.89 bits per heavy atom. The smallest absolute Gasteiger partial charge is 0.191 e. The molecule has 2 rings (SSSR count). The Hall–Kier alpha value is -0.970. The number of benzene rings is 1. The van der Waals surface area contributed by atoms with Crippen molar-refractivity contribution < 1.29 is 8.42 Å². The minimum atomic E-state index is -3.39. The van der Waals surface area contributed by atoms with E-state index in [1.165, 1.54) is 0 Å². The van der Waals surface area contributed by atoms with Gasteiger partial charge in [-0.3, -0.25) is 4.99 Å². The summed E-state index contributed by atoms with van der Waals surface area (Å²) in [6, 6.07) is 9.96. The summed E-state index contributed by atoms with van der Waals surface area (Å²) in [6.07, 6.45) is 0.634. The topological polar surface area (TPSA) is 75.5 Å². The lowest BCUT2D eigenvalue weighted by Gasteiger charge is -2.20. The van der Waals surface area contributed by atoms with E-state index in [2.05, 4.69) is 15.6 Å². The molecule has 0 bridgehead atoms. The van der Waals surface area contributed by atoms with Crippen molar-refractivity contribution in [1.82, 2.24) is 15.2 Å². The molecule has 0 aliphatic rings. The molecule has 0 spiro atoms. The van der Waals surface area contributed by atoms with Crippen molar-refractivity contribution >= 4 is 63.0 Å². The van der Waals surface area contributed by atoms with Crippen molar-refractivity contribution in [3.8, 4) is 0 Å². The Morgan fingerprint density at radius 1 is 1.25 bits per heavy atom. The molecule has 0 radical (unpaired) electrons. The number of rotatable bonds is 7. The summed E-state index contributed by atoms with van der Waals surface area (Å²) in [5.41, 5.74) is 0.887. The molecule has 0 saturated carbocycles. The average Bonchev–Trinajstić information content (AvgIpc) is 2.91. The molecule has 156 valence electrons. The highest BCUT2D eigenvalue weighted by Crippen LogP contribution is 2.24. The molecule has 1 heterocycles. The first-order chi connectivity index (χ1) is 12.8. The average molecular weight is 559 g/mol. The van der Waals surface area contributed by atoms with Crippen LogP contribution in [0.3, 0.4) is 0 Å². The third-order valence-corrected chi connectivity index (χ3v) is 6.91. The van der Waals surface area contributed by atoms with Gasteiger partial charge in [-0.25, -0.2) is 8.42 Å². The number of guanidine groups is 1. The zero-order valence-electron chi connectivity index (χ0n) is 15.9. The third kappa shape index (κ3) is 6.53. The van der Waals surface area contributed by atoms with Crippen LogP contribution in [0.1, 0.15) is 19.0 Å². The molecule has 6 nitrogen and oxygen atoms in total. The normalized spacial score (nSPS) is 13.0. The van der Waals surface area contributed by atoms with Gasteiger partial charge in [0.2, 0.25) is 0 Å². The lowest BCUT2D eigenvalue weighted by molar-refractivity contribution is 0.568. The number of aliphatic imine (C=N–C) groups is 1. The summed E-state index contributed by atoms with van der Waals surface area (Å²) in [7, 11) is 0.0739.